The first-order valence-electron chi connectivity index (χ1n) is 6.63. The summed E-state index contributed by atoms with van der Waals surface area (Å²) in [5.74, 6) is -0.359. The summed E-state index contributed by atoms with van der Waals surface area (Å²) in [4.78, 5) is 25.9. The van der Waals surface area contributed by atoms with Crippen LogP contribution in [0.3, 0.4) is 0 Å². The molecule has 1 unspecified atom stereocenters. The third kappa shape index (κ3) is 4.28. The summed E-state index contributed by atoms with van der Waals surface area (Å²) in [7, 11) is 0. The molecule has 1 atom stereocenters. The molecule has 1 aromatic carbocycles. The van der Waals surface area contributed by atoms with Gasteiger partial charge in [-0.25, -0.2) is 0 Å². The van der Waals surface area contributed by atoms with E-state index in [-0.39, 0.29) is 23.5 Å². The highest BCUT2D eigenvalue weighted by Gasteiger charge is 2.27. The van der Waals surface area contributed by atoms with Crippen molar-refractivity contribution < 1.29 is 9.59 Å². The van der Waals surface area contributed by atoms with Crippen molar-refractivity contribution in [1.82, 2.24) is 4.90 Å². The van der Waals surface area contributed by atoms with Gasteiger partial charge in [-0.3, -0.25) is 9.59 Å². The van der Waals surface area contributed by atoms with Gasteiger partial charge in [0, 0.05) is 18.0 Å². The van der Waals surface area contributed by atoms with Crippen LogP contribution in [0.4, 0.5) is 0 Å². The minimum atomic E-state index is -0.339. The fraction of sp³-hybridized carbons (Fsp3) is 0.429. The number of primary amides is 1. The first-order valence-corrected chi connectivity index (χ1v) is 8.37. The summed E-state index contributed by atoms with van der Waals surface area (Å²) in [5, 5.41) is 1.07. The molecule has 0 spiro atoms. The SMILES string of the molecule is NC(=O)C1CCCN(C(=O)CSc2c(Cl)cccc2Cl)C1. The number of amides is 2. The molecule has 114 valence electrons. The van der Waals surface area contributed by atoms with E-state index in [0.29, 0.717) is 28.0 Å². The summed E-state index contributed by atoms with van der Waals surface area (Å²) in [6.07, 6.45) is 1.56. The number of likely N-dealkylation sites (tertiary alicyclic amines) is 1. The van der Waals surface area contributed by atoms with Gasteiger partial charge in [-0.05, 0) is 25.0 Å². The molecule has 1 aromatic rings. The largest absolute Gasteiger partial charge is 0.369 e. The van der Waals surface area contributed by atoms with Crippen molar-refractivity contribution in [2.75, 3.05) is 18.8 Å². The van der Waals surface area contributed by atoms with E-state index in [0.717, 1.165) is 12.8 Å². The van der Waals surface area contributed by atoms with E-state index in [2.05, 4.69) is 0 Å². The minimum Gasteiger partial charge on any atom is -0.369 e. The predicted molar refractivity (Wildman–Crippen MR) is 85.7 cm³/mol. The van der Waals surface area contributed by atoms with Crippen LogP contribution in [0.1, 0.15) is 12.8 Å². The van der Waals surface area contributed by atoms with Gasteiger partial charge >= 0.3 is 0 Å². The standard InChI is InChI=1S/C14H16Cl2N2O2S/c15-10-4-1-5-11(16)13(10)21-8-12(19)18-6-2-3-9(7-18)14(17)20/h1,4-5,9H,2-3,6-8H2,(H2,17,20). The first kappa shape index (κ1) is 16.5. The van der Waals surface area contributed by atoms with Gasteiger partial charge in [0.25, 0.3) is 0 Å². The number of benzene rings is 1. The molecule has 7 heteroatoms. The topological polar surface area (TPSA) is 63.4 Å². The number of piperidine rings is 1. The van der Waals surface area contributed by atoms with Crippen molar-refractivity contribution in [2.24, 2.45) is 11.7 Å². The molecule has 0 bridgehead atoms. The second kappa shape index (κ2) is 7.38. The van der Waals surface area contributed by atoms with E-state index in [9.17, 15) is 9.59 Å². The van der Waals surface area contributed by atoms with Gasteiger partial charge in [-0.15, -0.1) is 11.8 Å². The Hall–Kier alpha value is -0.910. The minimum absolute atomic E-state index is 0.0260. The number of nitrogens with zero attached hydrogens (tertiary/aromatic N) is 1. The normalized spacial score (nSPS) is 18.6. The molecule has 0 saturated carbocycles. The molecule has 0 radical (unpaired) electrons. The molecule has 2 N–H and O–H groups in total. The second-order valence-corrected chi connectivity index (χ2v) is 6.72. The van der Waals surface area contributed by atoms with Crippen molar-refractivity contribution >= 4 is 46.8 Å². The molecule has 0 aliphatic carbocycles. The van der Waals surface area contributed by atoms with Crippen LogP contribution in [0.5, 0.6) is 0 Å². The number of halogens is 2. The lowest BCUT2D eigenvalue weighted by atomic mass is 9.97. The average molecular weight is 347 g/mol. The van der Waals surface area contributed by atoms with Crippen LogP contribution in [-0.4, -0.2) is 35.6 Å². The molecule has 1 aliphatic heterocycles. The number of nitrogens with two attached hydrogens (primary N) is 1. The Morgan fingerprint density at radius 1 is 1.33 bits per heavy atom. The smallest absolute Gasteiger partial charge is 0.232 e. The van der Waals surface area contributed by atoms with Gasteiger partial charge in [0.1, 0.15) is 0 Å². The molecule has 2 amide bonds. The molecule has 1 saturated heterocycles. The van der Waals surface area contributed by atoms with E-state index in [1.165, 1.54) is 11.8 Å². The summed E-state index contributed by atoms with van der Waals surface area (Å²) in [6.45, 7) is 1.07. The molecular formula is C14H16Cl2N2O2S. The van der Waals surface area contributed by atoms with Crippen LogP contribution in [0.2, 0.25) is 10.0 Å². The zero-order chi connectivity index (χ0) is 15.4. The van der Waals surface area contributed by atoms with Crippen LogP contribution >= 0.6 is 35.0 Å². The molecule has 1 aliphatic rings. The Kier molecular flexibility index (Phi) is 5.79. The van der Waals surface area contributed by atoms with E-state index in [4.69, 9.17) is 28.9 Å². The van der Waals surface area contributed by atoms with E-state index >= 15 is 0 Å². The lowest BCUT2D eigenvalue weighted by Crippen LogP contribution is -2.44. The van der Waals surface area contributed by atoms with Crippen LogP contribution in [0.25, 0.3) is 0 Å². The third-order valence-electron chi connectivity index (χ3n) is 3.44. The van der Waals surface area contributed by atoms with Gasteiger partial charge in [0.2, 0.25) is 11.8 Å². The fourth-order valence-corrected chi connectivity index (χ4v) is 3.87. The predicted octanol–water partition coefficient (Wildman–Crippen LogP) is 2.81. The third-order valence-corrected chi connectivity index (χ3v) is 5.41. The van der Waals surface area contributed by atoms with Crippen molar-refractivity contribution in [3.63, 3.8) is 0 Å². The number of hydrogen-bond donors (Lipinski definition) is 1. The molecular weight excluding hydrogens is 331 g/mol. The van der Waals surface area contributed by atoms with Crippen molar-refractivity contribution in [3.8, 4) is 0 Å². The Bertz CT molecular complexity index is 534. The number of carbonyl (C=O) groups is 2. The maximum absolute atomic E-state index is 12.2. The van der Waals surface area contributed by atoms with Gasteiger partial charge in [0.05, 0.1) is 21.7 Å². The van der Waals surface area contributed by atoms with Crippen LogP contribution in [0.15, 0.2) is 23.1 Å². The van der Waals surface area contributed by atoms with Crippen molar-refractivity contribution in [1.29, 1.82) is 0 Å². The van der Waals surface area contributed by atoms with E-state index in [1.54, 1.807) is 23.1 Å². The zero-order valence-electron chi connectivity index (χ0n) is 11.4. The van der Waals surface area contributed by atoms with E-state index in [1.807, 2.05) is 0 Å². The highest BCUT2D eigenvalue weighted by Crippen LogP contribution is 2.34. The van der Waals surface area contributed by atoms with Crippen LogP contribution < -0.4 is 5.73 Å². The van der Waals surface area contributed by atoms with Gasteiger partial charge < -0.3 is 10.6 Å². The fourth-order valence-electron chi connectivity index (χ4n) is 2.28. The maximum atomic E-state index is 12.2. The Morgan fingerprint density at radius 2 is 2.00 bits per heavy atom. The number of hydrogen-bond acceptors (Lipinski definition) is 3. The number of carbonyl (C=O) groups excluding carboxylic acids is 2. The maximum Gasteiger partial charge on any atom is 0.232 e. The van der Waals surface area contributed by atoms with Crippen molar-refractivity contribution in [2.45, 2.75) is 17.7 Å². The monoisotopic (exact) mass is 346 g/mol. The first-order chi connectivity index (χ1) is 9.99. The molecule has 21 heavy (non-hydrogen) atoms. The Balaban J connectivity index is 1.94. The second-order valence-electron chi connectivity index (χ2n) is 4.92. The lowest BCUT2D eigenvalue weighted by Gasteiger charge is -2.31. The van der Waals surface area contributed by atoms with Gasteiger partial charge in [-0.2, -0.15) is 0 Å². The van der Waals surface area contributed by atoms with Gasteiger partial charge in [-0.1, -0.05) is 29.3 Å². The quantitative estimate of drug-likeness (QED) is 0.852. The molecule has 4 nitrogen and oxygen atoms in total. The van der Waals surface area contributed by atoms with Crippen LogP contribution in [-0.2, 0) is 9.59 Å². The Labute approximate surface area is 137 Å². The lowest BCUT2D eigenvalue weighted by molar-refractivity contribution is -0.132. The molecule has 0 aromatic heterocycles. The summed E-state index contributed by atoms with van der Waals surface area (Å²) < 4.78 is 0. The van der Waals surface area contributed by atoms with E-state index < -0.39 is 0 Å². The Morgan fingerprint density at radius 3 is 2.62 bits per heavy atom. The molecule has 1 heterocycles. The van der Waals surface area contributed by atoms with Crippen LogP contribution in [0, 0.1) is 5.92 Å². The summed E-state index contributed by atoms with van der Waals surface area (Å²) >= 11 is 13.5. The number of thioether (sulfide) groups is 1. The van der Waals surface area contributed by atoms with Crippen molar-refractivity contribution in [3.05, 3.63) is 28.2 Å². The van der Waals surface area contributed by atoms with Gasteiger partial charge in [0.15, 0.2) is 0 Å². The summed E-state index contributed by atoms with van der Waals surface area (Å²) in [6, 6.07) is 5.24. The average Bonchev–Trinajstić information content (AvgIpc) is 2.46. The highest BCUT2D eigenvalue weighted by molar-refractivity contribution is 8.00. The summed E-state index contributed by atoms with van der Waals surface area (Å²) in [5.41, 5.74) is 5.32. The molecule has 2 rings (SSSR count). The zero-order valence-corrected chi connectivity index (χ0v) is 13.7. The number of rotatable bonds is 4. The molecule has 1 fully saturated rings. The highest BCUT2D eigenvalue weighted by atomic mass is 35.5.